The Morgan fingerprint density at radius 2 is 1.96 bits per heavy atom. The van der Waals surface area contributed by atoms with E-state index >= 15 is 0 Å². The van der Waals surface area contributed by atoms with Crippen LogP contribution >= 0.6 is 11.3 Å². The zero-order chi connectivity index (χ0) is 16.5. The molecular formula is C19H22N4S. The summed E-state index contributed by atoms with van der Waals surface area (Å²) in [6.07, 6.45) is 3.36. The van der Waals surface area contributed by atoms with Crippen LogP contribution < -0.4 is 0 Å². The van der Waals surface area contributed by atoms with Crippen molar-refractivity contribution >= 4 is 11.3 Å². The second-order valence-corrected chi connectivity index (χ2v) is 7.94. The Bertz CT molecular complexity index is 815. The zero-order valence-corrected chi connectivity index (χ0v) is 15.0. The van der Waals surface area contributed by atoms with Crippen molar-refractivity contribution in [3.8, 4) is 11.4 Å². The summed E-state index contributed by atoms with van der Waals surface area (Å²) >= 11 is 1.69. The highest BCUT2D eigenvalue weighted by Gasteiger charge is 2.27. The molecule has 1 aromatic carbocycles. The van der Waals surface area contributed by atoms with Gasteiger partial charge in [0, 0.05) is 17.5 Å². The third kappa shape index (κ3) is 3.26. The third-order valence-corrected chi connectivity index (χ3v) is 5.51. The number of benzene rings is 1. The molecule has 0 amide bonds. The van der Waals surface area contributed by atoms with Crippen LogP contribution in [-0.4, -0.2) is 19.7 Å². The largest absolute Gasteiger partial charge is 0.249 e. The van der Waals surface area contributed by atoms with Crippen LogP contribution in [-0.2, 0) is 13.0 Å². The highest BCUT2D eigenvalue weighted by atomic mass is 32.1. The lowest BCUT2D eigenvalue weighted by atomic mass is 9.76. The van der Waals surface area contributed by atoms with Crippen LogP contribution in [0.2, 0.25) is 0 Å². The number of hydrogen-bond donors (Lipinski definition) is 0. The highest BCUT2D eigenvalue weighted by molar-refractivity contribution is 7.09. The first-order valence-corrected chi connectivity index (χ1v) is 9.45. The molecule has 2 aromatic heterocycles. The minimum absolute atomic E-state index is 0.737. The van der Waals surface area contributed by atoms with Gasteiger partial charge in [0.05, 0.1) is 17.1 Å². The summed E-state index contributed by atoms with van der Waals surface area (Å²) in [6.45, 7) is 5.35. The molecule has 4 rings (SSSR count). The van der Waals surface area contributed by atoms with E-state index in [0.717, 1.165) is 52.7 Å². The first kappa shape index (κ1) is 15.5. The fourth-order valence-electron chi connectivity index (χ4n) is 3.47. The normalized spacial score (nSPS) is 20.1. The average molecular weight is 338 g/mol. The Morgan fingerprint density at radius 3 is 2.62 bits per heavy atom. The molecule has 3 aromatic rings. The molecule has 0 atom stereocenters. The fourth-order valence-corrected chi connectivity index (χ4v) is 4.09. The Morgan fingerprint density at radius 1 is 1.17 bits per heavy atom. The van der Waals surface area contributed by atoms with Gasteiger partial charge in [0.15, 0.2) is 5.82 Å². The monoisotopic (exact) mass is 338 g/mol. The molecular weight excluding hydrogens is 316 g/mol. The van der Waals surface area contributed by atoms with E-state index in [2.05, 4.69) is 34.1 Å². The Balaban J connectivity index is 1.62. The van der Waals surface area contributed by atoms with Gasteiger partial charge in [-0.25, -0.2) is 14.6 Å². The summed E-state index contributed by atoms with van der Waals surface area (Å²) in [5.74, 6) is 3.45. The predicted octanol–water partition coefficient (Wildman–Crippen LogP) is 4.35. The summed E-state index contributed by atoms with van der Waals surface area (Å²) in [5.41, 5.74) is 2.17. The van der Waals surface area contributed by atoms with E-state index in [1.807, 2.05) is 25.1 Å². The van der Waals surface area contributed by atoms with Crippen molar-refractivity contribution in [3.63, 3.8) is 0 Å². The van der Waals surface area contributed by atoms with E-state index < -0.39 is 0 Å². The van der Waals surface area contributed by atoms with Crippen molar-refractivity contribution in [1.29, 1.82) is 0 Å². The minimum atomic E-state index is 0.737. The second kappa shape index (κ2) is 6.48. The first-order chi connectivity index (χ1) is 11.7. The molecule has 1 aliphatic carbocycles. The summed E-state index contributed by atoms with van der Waals surface area (Å²) in [4.78, 5) is 9.42. The van der Waals surface area contributed by atoms with E-state index in [-0.39, 0.29) is 0 Å². The van der Waals surface area contributed by atoms with Crippen LogP contribution in [0, 0.1) is 18.8 Å². The molecule has 1 aliphatic rings. The predicted molar refractivity (Wildman–Crippen MR) is 97.0 cm³/mol. The Labute approximate surface area is 146 Å². The number of nitrogens with zero attached hydrogens (tertiary/aromatic N) is 4. The van der Waals surface area contributed by atoms with E-state index in [9.17, 15) is 0 Å². The molecule has 5 heteroatoms. The number of thiazole rings is 1. The third-order valence-electron chi connectivity index (χ3n) is 4.69. The van der Waals surface area contributed by atoms with Gasteiger partial charge in [-0.15, -0.1) is 11.3 Å². The average Bonchev–Trinajstić information content (AvgIpc) is 3.14. The lowest BCUT2D eigenvalue weighted by Crippen LogP contribution is -2.26. The quantitative estimate of drug-likeness (QED) is 0.695. The van der Waals surface area contributed by atoms with Gasteiger partial charge in [0.1, 0.15) is 5.82 Å². The SMILES string of the molecule is Cc1nc(Cc2nc(-c3ccccc3)nn2CC2CC(C)C2)cs1. The second-order valence-electron chi connectivity index (χ2n) is 6.88. The van der Waals surface area contributed by atoms with Crippen molar-refractivity contribution in [1.82, 2.24) is 19.7 Å². The first-order valence-electron chi connectivity index (χ1n) is 8.57. The van der Waals surface area contributed by atoms with Crippen LogP contribution in [0.5, 0.6) is 0 Å². The van der Waals surface area contributed by atoms with Gasteiger partial charge >= 0.3 is 0 Å². The molecule has 0 bridgehead atoms. The van der Waals surface area contributed by atoms with Crippen LogP contribution in [0.15, 0.2) is 35.7 Å². The van der Waals surface area contributed by atoms with Crippen LogP contribution in [0.3, 0.4) is 0 Å². The maximum absolute atomic E-state index is 4.83. The van der Waals surface area contributed by atoms with Crippen molar-refractivity contribution in [3.05, 3.63) is 52.2 Å². The van der Waals surface area contributed by atoms with Crippen molar-refractivity contribution in [2.45, 2.75) is 39.7 Å². The van der Waals surface area contributed by atoms with Gasteiger partial charge in [-0.2, -0.15) is 5.10 Å². The summed E-state index contributed by atoms with van der Waals surface area (Å²) in [7, 11) is 0. The van der Waals surface area contributed by atoms with Crippen LogP contribution in [0.4, 0.5) is 0 Å². The number of rotatable bonds is 5. The van der Waals surface area contributed by atoms with Gasteiger partial charge < -0.3 is 0 Å². The lowest BCUT2D eigenvalue weighted by Gasteiger charge is -2.32. The number of aromatic nitrogens is 4. The topological polar surface area (TPSA) is 43.6 Å². The van der Waals surface area contributed by atoms with Crippen LogP contribution in [0.1, 0.15) is 36.3 Å². The molecule has 4 nitrogen and oxygen atoms in total. The minimum Gasteiger partial charge on any atom is -0.249 e. The highest BCUT2D eigenvalue weighted by Crippen LogP contribution is 2.34. The van der Waals surface area contributed by atoms with Gasteiger partial charge in [-0.05, 0) is 31.6 Å². The summed E-state index contributed by atoms with van der Waals surface area (Å²) < 4.78 is 2.12. The molecule has 0 unspecified atom stereocenters. The molecule has 1 saturated carbocycles. The smallest absolute Gasteiger partial charge is 0.181 e. The maximum Gasteiger partial charge on any atom is 0.181 e. The number of hydrogen-bond acceptors (Lipinski definition) is 4. The molecule has 0 N–H and O–H groups in total. The maximum atomic E-state index is 4.83. The lowest BCUT2D eigenvalue weighted by molar-refractivity contribution is 0.180. The Kier molecular flexibility index (Phi) is 4.19. The van der Waals surface area contributed by atoms with Crippen molar-refractivity contribution < 1.29 is 0 Å². The van der Waals surface area contributed by atoms with Gasteiger partial charge in [0.2, 0.25) is 0 Å². The van der Waals surface area contributed by atoms with E-state index in [4.69, 9.17) is 10.1 Å². The van der Waals surface area contributed by atoms with Gasteiger partial charge in [-0.3, -0.25) is 0 Å². The summed E-state index contributed by atoms with van der Waals surface area (Å²) in [5, 5.41) is 8.04. The molecule has 0 saturated heterocycles. The van der Waals surface area contributed by atoms with Gasteiger partial charge in [-0.1, -0.05) is 37.3 Å². The van der Waals surface area contributed by atoms with Crippen LogP contribution in [0.25, 0.3) is 11.4 Å². The van der Waals surface area contributed by atoms with Crippen molar-refractivity contribution in [2.75, 3.05) is 0 Å². The van der Waals surface area contributed by atoms with Crippen molar-refractivity contribution in [2.24, 2.45) is 11.8 Å². The molecule has 0 aliphatic heterocycles. The standard InChI is InChI=1S/C19H22N4S/c1-13-8-15(9-13)11-23-18(10-17-12-24-14(2)20-17)21-19(22-23)16-6-4-3-5-7-16/h3-7,12-13,15H,8-11H2,1-2H3. The Hall–Kier alpha value is -2.01. The fraction of sp³-hybridized carbons (Fsp3) is 0.421. The zero-order valence-electron chi connectivity index (χ0n) is 14.1. The van der Waals surface area contributed by atoms with E-state index in [1.165, 1.54) is 12.8 Å². The molecule has 1 fully saturated rings. The molecule has 24 heavy (non-hydrogen) atoms. The van der Waals surface area contributed by atoms with E-state index in [0.29, 0.717) is 0 Å². The molecule has 2 heterocycles. The van der Waals surface area contributed by atoms with Gasteiger partial charge in [0.25, 0.3) is 0 Å². The molecule has 0 spiro atoms. The number of aryl methyl sites for hydroxylation is 1. The molecule has 124 valence electrons. The van der Waals surface area contributed by atoms with E-state index in [1.54, 1.807) is 11.3 Å². The molecule has 0 radical (unpaired) electrons. The summed E-state index contributed by atoms with van der Waals surface area (Å²) in [6, 6.07) is 10.2.